The van der Waals surface area contributed by atoms with Gasteiger partial charge in [0.25, 0.3) is 0 Å². The Kier molecular flexibility index (Phi) is 3.66. The molecular weight excluding hydrogens is 259 g/mol. The highest BCUT2D eigenvalue weighted by Crippen LogP contribution is 2.22. The maximum Gasteiger partial charge on any atom is 0.152 e. The molecule has 0 radical (unpaired) electrons. The van der Waals surface area contributed by atoms with E-state index in [1.165, 1.54) is 0 Å². The van der Waals surface area contributed by atoms with Gasteiger partial charge in [-0.2, -0.15) is 5.10 Å². The first kappa shape index (κ1) is 12.0. The van der Waals surface area contributed by atoms with Crippen molar-refractivity contribution in [1.82, 2.24) is 9.55 Å². The molecule has 17 heavy (non-hydrogen) atoms. The number of benzene rings is 1. The van der Waals surface area contributed by atoms with Crippen molar-refractivity contribution in [3.63, 3.8) is 0 Å². The van der Waals surface area contributed by atoms with E-state index in [-0.39, 0.29) is 0 Å². The van der Waals surface area contributed by atoms with Crippen molar-refractivity contribution in [1.29, 1.82) is 0 Å². The second-order valence-electron chi connectivity index (χ2n) is 3.42. The monoisotopic (exact) mass is 268 g/mol. The number of halogens is 2. The molecule has 0 amide bonds. The lowest BCUT2D eigenvalue weighted by Crippen LogP contribution is -1.97. The van der Waals surface area contributed by atoms with Crippen molar-refractivity contribution in [3.05, 3.63) is 46.5 Å². The number of aryl methyl sites for hydroxylation is 1. The Morgan fingerprint density at radius 1 is 1.29 bits per heavy atom. The summed E-state index contributed by atoms with van der Waals surface area (Å²) in [5.41, 5.74) is 3.57. The van der Waals surface area contributed by atoms with Crippen LogP contribution in [0.15, 0.2) is 35.7 Å². The van der Waals surface area contributed by atoms with Crippen LogP contribution in [0.1, 0.15) is 5.82 Å². The summed E-state index contributed by atoms with van der Waals surface area (Å²) in [4.78, 5) is 4.10. The maximum atomic E-state index is 5.86. The van der Waals surface area contributed by atoms with Crippen molar-refractivity contribution in [2.75, 3.05) is 5.43 Å². The second-order valence-corrected chi connectivity index (χ2v) is 4.30. The molecule has 1 aromatic carbocycles. The van der Waals surface area contributed by atoms with Crippen LogP contribution in [0.5, 0.6) is 0 Å². The first-order valence-corrected chi connectivity index (χ1v) is 5.63. The maximum absolute atomic E-state index is 5.86. The van der Waals surface area contributed by atoms with Crippen LogP contribution in [0.3, 0.4) is 0 Å². The molecule has 4 nitrogen and oxygen atoms in total. The van der Waals surface area contributed by atoms with E-state index in [1.807, 2.05) is 17.8 Å². The summed E-state index contributed by atoms with van der Waals surface area (Å²) < 4.78 is 1.86. The number of rotatable bonds is 3. The molecule has 1 N–H and O–H groups in total. The van der Waals surface area contributed by atoms with Crippen LogP contribution in [-0.2, 0) is 7.05 Å². The molecule has 0 aliphatic heterocycles. The summed E-state index contributed by atoms with van der Waals surface area (Å²) in [5, 5.41) is 5.18. The highest BCUT2D eigenvalue weighted by molar-refractivity contribution is 6.35. The summed E-state index contributed by atoms with van der Waals surface area (Å²) >= 11 is 11.7. The van der Waals surface area contributed by atoms with Gasteiger partial charge in [0.1, 0.15) is 0 Å². The van der Waals surface area contributed by atoms with Crippen LogP contribution in [-0.4, -0.2) is 15.8 Å². The van der Waals surface area contributed by atoms with Crippen LogP contribution < -0.4 is 5.43 Å². The van der Waals surface area contributed by atoms with Crippen LogP contribution >= 0.6 is 23.2 Å². The summed E-state index contributed by atoms with van der Waals surface area (Å²) in [7, 11) is 1.89. The van der Waals surface area contributed by atoms with Gasteiger partial charge in [-0.1, -0.05) is 23.2 Å². The standard InChI is InChI=1S/C11H10Cl2N4/c1-17-3-2-14-11(17)7-15-16-10-5-8(12)4-9(13)6-10/h2-7,16H,1H3/b15-7-. The number of hydrazone groups is 1. The fourth-order valence-corrected chi connectivity index (χ4v) is 1.81. The average molecular weight is 269 g/mol. The lowest BCUT2D eigenvalue weighted by molar-refractivity contribution is 0.901. The molecule has 0 aliphatic carbocycles. The van der Waals surface area contributed by atoms with Crippen molar-refractivity contribution in [2.24, 2.45) is 12.1 Å². The number of nitrogens with one attached hydrogen (secondary N) is 1. The molecule has 0 spiro atoms. The minimum Gasteiger partial charge on any atom is -0.333 e. The number of hydrogen-bond acceptors (Lipinski definition) is 3. The highest BCUT2D eigenvalue weighted by atomic mass is 35.5. The van der Waals surface area contributed by atoms with Gasteiger partial charge in [-0.3, -0.25) is 5.43 Å². The minimum absolute atomic E-state index is 0.562. The van der Waals surface area contributed by atoms with Gasteiger partial charge in [-0.15, -0.1) is 0 Å². The van der Waals surface area contributed by atoms with Crippen LogP contribution in [0.25, 0.3) is 0 Å². The second kappa shape index (κ2) is 5.21. The van der Waals surface area contributed by atoms with E-state index in [0.29, 0.717) is 10.0 Å². The predicted molar refractivity (Wildman–Crippen MR) is 70.9 cm³/mol. The van der Waals surface area contributed by atoms with Gasteiger partial charge in [0.05, 0.1) is 11.9 Å². The molecule has 2 aromatic rings. The lowest BCUT2D eigenvalue weighted by Gasteiger charge is -2.01. The number of anilines is 1. The lowest BCUT2D eigenvalue weighted by atomic mass is 10.3. The molecule has 6 heteroatoms. The summed E-state index contributed by atoms with van der Waals surface area (Å²) in [6, 6.07) is 5.14. The van der Waals surface area contributed by atoms with Gasteiger partial charge in [0, 0.05) is 29.5 Å². The third-order valence-corrected chi connectivity index (χ3v) is 2.53. The quantitative estimate of drug-likeness (QED) is 0.686. The Morgan fingerprint density at radius 2 is 2.00 bits per heavy atom. The zero-order chi connectivity index (χ0) is 12.3. The van der Waals surface area contributed by atoms with Crippen LogP contribution in [0, 0.1) is 0 Å². The normalized spacial score (nSPS) is 11.0. The summed E-state index contributed by atoms with van der Waals surface area (Å²) in [6.07, 6.45) is 5.17. The Hall–Kier alpha value is -1.52. The van der Waals surface area contributed by atoms with Crippen molar-refractivity contribution < 1.29 is 0 Å². The van der Waals surface area contributed by atoms with Gasteiger partial charge in [0.2, 0.25) is 0 Å². The Morgan fingerprint density at radius 3 is 2.59 bits per heavy atom. The van der Waals surface area contributed by atoms with E-state index in [4.69, 9.17) is 23.2 Å². The third kappa shape index (κ3) is 3.22. The molecule has 0 atom stereocenters. The fraction of sp³-hybridized carbons (Fsp3) is 0.0909. The van der Waals surface area contributed by atoms with E-state index < -0.39 is 0 Å². The summed E-state index contributed by atoms with van der Waals surface area (Å²) in [6.45, 7) is 0. The zero-order valence-corrected chi connectivity index (χ0v) is 10.6. The molecule has 0 saturated heterocycles. The third-order valence-electron chi connectivity index (χ3n) is 2.09. The molecule has 88 valence electrons. The highest BCUT2D eigenvalue weighted by Gasteiger charge is 1.97. The molecule has 1 heterocycles. The van der Waals surface area contributed by atoms with E-state index in [9.17, 15) is 0 Å². The molecule has 0 saturated carbocycles. The number of hydrogen-bond donors (Lipinski definition) is 1. The molecule has 0 aliphatic rings. The summed E-state index contributed by atoms with van der Waals surface area (Å²) in [5.74, 6) is 0.755. The van der Waals surface area contributed by atoms with E-state index >= 15 is 0 Å². The van der Waals surface area contributed by atoms with Gasteiger partial charge in [-0.05, 0) is 18.2 Å². The van der Waals surface area contributed by atoms with Gasteiger partial charge in [-0.25, -0.2) is 4.98 Å². The largest absolute Gasteiger partial charge is 0.333 e. The average Bonchev–Trinajstić information content (AvgIpc) is 2.63. The Bertz CT molecular complexity index is 528. The van der Waals surface area contributed by atoms with Crippen molar-refractivity contribution in [3.8, 4) is 0 Å². The number of imidazole rings is 1. The van der Waals surface area contributed by atoms with E-state index in [2.05, 4.69) is 15.5 Å². The SMILES string of the molecule is Cn1ccnc1/C=N\Nc1cc(Cl)cc(Cl)c1. The Labute approximate surface area is 109 Å². The molecule has 0 unspecified atom stereocenters. The first-order chi connectivity index (χ1) is 8.15. The van der Waals surface area contributed by atoms with Gasteiger partial charge in [0.15, 0.2) is 5.82 Å². The van der Waals surface area contributed by atoms with E-state index in [1.54, 1.807) is 30.6 Å². The predicted octanol–water partition coefficient (Wildman–Crippen LogP) is 3.17. The minimum atomic E-state index is 0.562. The van der Waals surface area contributed by atoms with Crippen molar-refractivity contribution >= 4 is 35.1 Å². The molecule has 2 rings (SSSR count). The molecule has 1 aromatic heterocycles. The molecule has 0 bridgehead atoms. The van der Waals surface area contributed by atoms with Gasteiger partial charge >= 0.3 is 0 Å². The molecular formula is C11H10Cl2N4. The smallest absolute Gasteiger partial charge is 0.152 e. The Balaban J connectivity index is 2.07. The number of aromatic nitrogens is 2. The van der Waals surface area contributed by atoms with Crippen LogP contribution in [0.4, 0.5) is 5.69 Å². The zero-order valence-electron chi connectivity index (χ0n) is 9.06. The first-order valence-electron chi connectivity index (χ1n) is 4.87. The fourth-order valence-electron chi connectivity index (χ4n) is 1.28. The number of nitrogens with zero attached hydrogens (tertiary/aromatic N) is 3. The van der Waals surface area contributed by atoms with E-state index in [0.717, 1.165) is 11.5 Å². The van der Waals surface area contributed by atoms with Gasteiger partial charge < -0.3 is 4.57 Å². The van der Waals surface area contributed by atoms with Crippen molar-refractivity contribution in [2.45, 2.75) is 0 Å². The molecule has 0 fully saturated rings. The topological polar surface area (TPSA) is 42.2 Å². The van der Waals surface area contributed by atoms with Crippen LogP contribution in [0.2, 0.25) is 10.0 Å².